The predicted molar refractivity (Wildman–Crippen MR) is 118 cm³/mol. The standard InChI is InChI=1S/C26H42F2O3/c1-16(22(29)25(4,27)28)19-8-9-20-18-7-6-17-14-26(30,15-31-5)13-12-23(17,2)21(18)10-11-24(19,20)3/h6,16,18-22,29-30H,7-15H2,1-5H3/t16-,18-,19+,20-,21-,22-,23-,24+,26-/m0/s1. The molecule has 4 aliphatic carbocycles. The highest BCUT2D eigenvalue weighted by Crippen LogP contribution is 2.67. The van der Waals surface area contributed by atoms with E-state index in [1.807, 2.05) is 6.92 Å². The number of allylic oxidation sites excluding steroid dienone is 1. The lowest BCUT2D eigenvalue weighted by Crippen LogP contribution is -2.53. The molecule has 4 aliphatic rings. The molecule has 0 aromatic heterocycles. The molecule has 0 amide bonds. The minimum atomic E-state index is -3.05. The second-order valence-corrected chi connectivity index (χ2v) is 12.1. The Morgan fingerprint density at radius 3 is 2.52 bits per heavy atom. The fraction of sp³-hybridized carbons (Fsp3) is 0.923. The topological polar surface area (TPSA) is 49.7 Å². The van der Waals surface area contributed by atoms with Crippen molar-refractivity contribution in [2.75, 3.05) is 13.7 Å². The highest BCUT2D eigenvalue weighted by atomic mass is 19.3. The molecule has 3 fully saturated rings. The maximum Gasteiger partial charge on any atom is 0.270 e. The molecule has 9 atom stereocenters. The zero-order valence-corrected chi connectivity index (χ0v) is 20.0. The van der Waals surface area contributed by atoms with Gasteiger partial charge in [0.15, 0.2) is 0 Å². The first-order valence-corrected chi connectivity index (χ1v) is 12.3. The smallest absolute Gasteiger partial charge is 0.270 e. The van der Waals surface area contributed by atoms with Crippen LogP contribution in [-0.2, 0) is 4.74 Å². The summed E-state index contributed by atoms with van der Waals surface area (Å²) >= 11 is 0. The maximum atomic E-state index is 13.9. The molecule has 0 heterocycles. The number of alkyl halides is 2. The van der Waals surface area contributed by atoms with E-state index in [1.54, 1.807) is 7.11 Å². The summed E-state index contributed by atoms with van der Waals surface area (Å²) in [5, 5.41) is 21.3. The second kappa shape index (κ2) is 7.77. The Kier molecular flexibility index (Phi) is 5.92. The van der Waals surface area contributed by atoms with Gasteiger partial charge >= 0.3 is 0 Å². The van der Waals surface area contributed by atoms with Gasteiger partial charge in [-0.15, -0.1) is 0 Å². The second-order valence-electron chi connectivity index (χ2n) is 12.1. The van der Waals surface area contributed by atoms with Gasteiger partial charge in [0.05, 0.1) is 12.2 Å². The van der Waals surface area contributed by atoms with Gasteiger partial charge in [-0.25, -0.2) is 8.78 Å². The number of ether oxygens (including phenoxy) is 1. The highest BCUT2D eigenvalue weighted by Gasteiger charge is 2.61. The van der Waals surface area contributed by atoms with E-state index in [0.29, 0.717) is 30.8 Å². The van der Waals surface area contributed by atoms with Crippen LogP contribution in [0.15, 0.2) is 11.6 Å². The van der Waals surface area contributed by atoms with Crippen LogP contribution < -0.4 is 0 Å². The summed E-state index contributed by atoms with van der Waals surface area (Å²) in [6, 6.07) is 0. The van der Waals surface area contributed by atoms with Crippen molar-refractivity contribution in [2.45, 2.75) is 96.7 Å². The summed E-state index contributed by atoms with van der Waals surface area (Å²) < 4.78 is 33.1. The van der Waals surface area contributed by atoms with Gasteiger partial charge in [-0.2, -0.15) is 0 Å². The molecular formula is C26H42F2O3. The van der Waals surface area contributed by atoms with Crippen molar-refractivity contribution in [3.05, 3.63) is 11.6 Å². The Bertz CT molecular complexity index is 718. The number of hydrogen-bond donors (Lipinski definition) is 2. The molecule has 0 aromatic carbocycles. The minimum Gasteiger partial charge on any atom is -0.387 e. The molecule has 3 saturated carbocycles. The normalized spacial score (nSPS) is 47.1. The Morgan fingerprint density at radius 1 is 1.16 bits per heavy atom. The van der Waals surface area contributed by atoms with Crippen LogP contribution in [0.4, 0.5) is 8.78 Å². The van der Waals surface area contributed by atoms with E-state index in [0.717, 1.165) is 51.9 Å². The average molecular weight is 441 g/mol. The average Bonchev–Trinajstić information content (AvgIpc) is 3.04. The van der Waals surface area contributed by atoms with Crippen molar-refractivity contribution < 1.29 is 23.7 Å². The quantitative estimate of drug-likeness (QED) is 0.548. The molecule has 178 valence electrons. The molecule has 0 unspecified atom stereocenters. The van der Waals surface area contributed by atoms with Crippen LogP contribution in [0.25, 0.3) is 0 Å². The molecule has 0 aromatic rings. The monoisotopic (exact) mass is 440 g/mol. The first-order chi connectivity index (χ1) is 14.4. The van der Waals surface area contributed by atoms with Crippen molar-refractivity contribution in [3.8, 4) is 0 Å². The third-order valence-corrected chi connectivity index (χ3v) is 10.4. The van der Waals surface area contributed by atoms with E-state index in [4.69, 9.17) is 4.74 Å². The molecule has 0 spiro atoms. The number of aliphatic hydroxyl groups is 2. The van der Waals surface area contributed by atoms with Crippen molar-refractivity contribution in [1.82, 2.24) is 0 Å². The van der Waals surface area contributed by atoms with E-state index in [2.05, 4.69) is 19.9 Å². The van der Waals surface area contributed by atoms with Gasteiger partial charge in [-0.3, -0.25) is 0 Å². The van der Waals surface area contributed by atoms with Crippen LogP contribution >= 0.6 is 0 Å². The van der Waals surface area contributed by atoms with Crippen LogP contribution in [-0.4, -0.2) is 41.6 Å². The molecule has 31 heavy (non-hydrogen) atoms. The predicted octanol–water partition coefficient (Wildman–Crippen LogP) is 5.60. The van der Waals surface area contributed by atoms with E-state index in [9.17, 15) is 19.0 Å². The van der Waals surface area contributed by atoms with Crippen LogP contribution in [0.3, 0.4) is 0 Å². The zero-order valence-electron chi connectivity index (χ0n) is 20.0. The lowest BCUT2D eigenvalue weighted by Gasteiger charge is -2.59. The third kappa shape index (κ3) is 3.71. The molecule has 3 nitrogen and oxygen atoms in total. The number of rotatable bonds is 5. The first kappa shape index (κ1) is 23.6. The van der Waals surface area contributed by atoms with Crippen molar-refractivity contribution in [1.29, 1.82) is 0 Å². The molecule has 0 saturated heterocycles. The Morgan fingerprint density at radius 2 is 1.87 bits per heavy atom. The molecule has 0 bridgehead atoms. The Labute approximate surface area is 186 Å². The fourth-order valence-corrected chi connectivity index (χ4v) is 8.69. The van der Waals surface area contributed by atoms with Gasteiger partial charge in [0.2, 0.25) is 0 Å². The molecule has 5 heteroatoms. The number of hydrogen-bond acceptors (Lipinski definition) is 3. The number of methoxy groups -OCH3 is 1. The van der Waals surface area contributed by atoms with Crippen molar-refractivity contribution in [3.63, 3.8) is 0 Å². The Balaban J connectivity index is 1.57. The SMILES string of the molecule is COC[C@]1(O)CC[C@@]2(C)C(=CC[C@H]3[C@@H]4CC[C@H]([C@H](C)[C@H](O)C(C)(F)F)[C@@]4(C)CC[C@@H]32)C1. The van der Waals surface area contributed by atoms with Gasteiger partial charge in [0.25, 0.3) is 5.92 Å². The Hall–Kier alpha value is -0.520. The number of fused-ring (bicyclic) bond motifs is 5. The van der Waals surface area contributed by atoms with Gasteiger partial charge in [0, 0.05) is 14.0 Å². The van der Waals surface area contributed by atoms with Gasteiger partial charge < -0.3 is 14.9 Å². The van der Waals surface area contributed by atoms with Crippen LogP contribution in [0.5, 0.6) is 0 Å². The number of aliphatic hydroxyl groups excluding tert-OH is 1. The molecule has 0 radical (unpaired) electrons. The summed E-state index contributed by atoms with van der Waals surface area (Å²) in [6.07, 6.45) is 8.54. The highest BCUT2D eigenvalue weighted by molar-refractivity contribution is 5.27. The first-order valence-electron chi connectivity index (χ1n) is 12.3. The van der Waals surface area contributed by atoms with Gasteiger partial charge in [-0.1, -0.05) is 32.4 Å². The zero-order chi connectivity index (χ0) is 22.8. The fourth-order valence-electron chi connectivity index (χ4n) is 8.69. The largest absolute Gasteiger partial charge is 0.387 e. The summed E-state index contributed by atoms with van der Waals surface area (Å²) in [5.74, 6) is -1.58. The lowest BCUT2D eigenvalue weighted by atomic mass is 9.46. The van der Waals surface area contributed by atoms with Crippen LogP contribution in [0.1, 0.15) is 79.1 Å². The molecule has 0 aliphatic heterocycles. The van der Waals surface area contributed by atoms with E-state index >= 15 is 0 Å². The molecule has 4 rings (SSSR count). The van der Waals surface area contributed by atoms with Gasteiger partial charge in [0.1, 0.15) is 6.10 Å². The maximum absolute atomic E-state index is 13.9. The summed E-state index contributed by atoms with van der Waals surface area (Å²) in [6.45, 7) is 7.80. The van der Waals surface area contributed by atoms with Crippen molar-refractivity contribution in [2.24, 2.45) is 40.4 Å². The summed E-state index contributed by atoms with van der Waals surface area (Å²) in [7, 11) is 1.65. The van der Waals surface area contributed by atoms with Crippen LogP contribution in [0, 0.1) is 40.4 Å². The van der Waals surface area contributed by atoms with E-state index < -0.39 is 23.5 Å². The third-order valence-electron chi connectivity index (χ3n) is 10.4. The molecular weight excluding hydrogens is 398 g/mol. The van der Waals surface area contributed by atoms with Crippen molar-refractivity contribution >= 4 is 0 Å². The van der Waals surface area contributed by atoms with Gasteiger partial charge in [-0.05, 0) is 91.8 Å². The van der Waals surface area contributed by atoms with Crippen LogP contribution in [0.2, 0.25) is 0 Å². The van der Waals surface area contributed by atoms with E-state index in [1.165, 1.54) is 5.57 Å². The molecule has 2 N–H and O–H groups in total. The summed E-state index contributed by atoms with van der Waals surface area (Å²) in [4.78, 5) is 0. The lowest BCUT2D eigenvalue weighted by molar-refractivity contribution is -0.141. The van der Waals surface area contributed by atoms with E-state index in [-0.39, 0.29) is 16.7 Å². The minimum absolute atomic E-state index is 0.0277. The number of halogens is 2. The summed E-state index contributed by atoms with van der Waals surface area (Å²) in [5.41, 5.74) is 0.821.